The van der Waals surface area contributed by atoms with Crippen LogP contribution < -0.4 is 20.2 Å². The van der Waals surface area contributed by atoms with Crippen molar-refractivity contribution in [2.24, 2.45) is 5.29 Å². The van der Waals surface area contributed by atoms with Crippen LogP contribution in [0.15, 0.2) is 58.7 Å². The number of carbonyl (C=O) groups excluding carboxylic acids is 2. The molecule has 1 heterocycles. The molecule has 2 aromatic carbocycles. The van der Waals surface area contributed by atoms with Gasteiger partial charge in [0.1, 0.15) is 24.7 Å². The lowest BCUT2D eigenvalue weighted by Crippen LogP contribution is -2.54. The number of ether oxygens (including phenoxy) is 3. The first kappa shape index (κ1) is 25.1. The van der Waals surface area contributed by atoms with Crippen LogP contribution in [0.3, 0.4) is 0 Å². The van der Waals surface area contributed by atoms with E-state index in [2.05, 4.69) is 10.6 Å². The van der Waals surface area contributed by atoms with E-state index in [1.165, 1.54) is 31.2 Å². The lowest BCUT2D eigenvalue weighted by atomic mass is 9.98. The average Bonchev–Trinajstić information content (AvgIpc) is 2.82. The molecule has 2 aromatic rings. The van der Waals surface area contributed by atoms with Crippen molar-refractivity contribution in [2.45, 2.75) is 29.4 Å². The number of hydrogen-bond donors (Lipinski definition) is 2. The lowest BCUT2D eigenvalue weighted by molar-refractivity contribution is -0.126. The standard InChI is InChI=1S/C22H25N3O8S/c1-16(26)23-17-3-2-4-19(15-17)33-14-13-32-18-5-7-20(8-6-18)34(29,30)22(21(27)24-25-28)9-11-31-12-10-22/h2-8,15H,9-14H2,1H3,(H,23,26)(H,24,27,28). The van der Waals surface area contributed by atoms with E-state index in [0.717, 1.165) is 0 Å². The maximum atomic E-state index is 13.3. The first-order chi connectivity index (χ1) is 16.3. The molecule has 11 nitrogen and oxygen atoms in total. The molecule has 0 aliphatic carbocycles. The molecule has 1 aliphatic rings. The largest absolute Gasteiger partial charge is 0.490 e. The highest BCUT2D eigenvalue weighted by Gasteiger charge is 2.52. The summed E-state index contributed by atoms with van der Waals surface area (Å²) in [5, 5.41) is 5.02. The van der Waals surface area contributed by atoms with Gasteiger partial charge in [0.2, 0.25) is 5.91 Å². The van der Waals surface area contributed by atoms with E-state index in [9.17, 15) is 22.9 Å². The third-order valence-corrected chi connectivity index (χ3v) is 7.80. The molecule has 0 saturated carbocycles. The fourth-order valence-corrected chi connectivity index (χ4v) is 5.53. The Balaban J connectivity index is 1.61. The molecule has 0 unspecified atom stereocenters. The van der Waals surface area contributed by atoms with Gasteiger partial charge in [-0.05, 0) is 49.2 Å². The highest BCUT2D eigenvalue weighted by molar-refractivity contribution is 7.93. The summed E-state index contributed by atoms with van der Waals surface area (Å²) in [6.45, 7) is 1.95. The number of nitroso groups, excluding NO2 is 1. The van der Waals surface area contributed by atoms with E-state index >= 15 is 0 Å². The van der Waals surface area contributed by atoms with Gasteiger partial charge in [0.05, 0.1) is 10.2 Å². The molecule has 12 heteroatoms. The van der Waals surface area contributed by atoms with E-state index in [1.54, 1.807) is 29.7 Å². The molecule has 0 radical (unpaired) electrons. The van der Waals surface area contributed by atoms with Crippen molar-refractivity contribution in [1.82, 2.24) is 5.43 Å². The van der Waals surface area contributed by atoms with Crippen LogP contribution in [-0.4, -0.2) is 51.4 Å². The molecule has 0 atom stereocenters. The summed E-state index contributed by atoms with van der Waals surface area (Å²) in [5.74, 6) is -0.184. The summed E-state index contributed by atoms with van der Waals surface area (Å²) >= 11 is 0. The van der Waals surface area contributed by atoms with Gasteiger partial charge in [-0.2, -0.15) is 0 Å². The van der Waals surface area contributed by atoms with Crippen LogP contribution in [0.2, 0.25) is 0 Å². The zero-order valence-corrected chi connectivity index (χ0v) is 19.3. The predicted octanol–water partition coefficient (Wildman–Crippen LogP) is 2.22. The Kier molecular flexibility index (Phi) is 8.18. The molecule has 1 aliphatic heterocycles. The van der Waals surface area contributed by atoms with Gasteiger partial charge in [0, 0.05) is 31.9 Å². The molecule has 1 saturated heterocycles. The van der Waals surface area contributed by atoms with Gasteiger partial charge in [-0.1, -0.05) is 6.07 Å². The number of nitrogens with zero attached hydrogens (tertiary/aromatic N) is 1. The fraction of sp³-hybridized carbons (Fsp3) is 0.364. The normalized spacial score (nSPS) is 15.1. The number of benzene rings is 2. The van der Waals surface area contributed by atoms with Gasteiger partial charge in [-0.25, -0.2) is 13.8 Å². The number of anilines is 1. The Hall–Kier alpha value is -3.51. The van der Waals surface area contributed by atoms with Crippen LogP contribution in [0.4, 0.5) is 5.69 Å². The maximum absolute atomic E-state index is 13.3. The molecule has 1 fully saturated rings. The number of rotatable bonds is 10. The topological polar surface area (TPSA) is 149 Å². The van der Waals surface area contributed by atoms with Crippen molar-refractivity contribution < 1.29 is 32.2 Å². The molecule has 3 rings (SSSR count). The van der Waals surface area contributed by atoms with Crippen LogP contribution in [0.5, 0.6) is 11.5 Å². The Morgan fingerprint density at radius 3 is 2.29 bits per heavy atom. The first-order valence-corrected chi connectivity index (χ1v) is 12.0. The molecule has 0 bridgehead atoms. The van der Waals surface area contributed by atoms with Gasteiger partial charge < -0.3 is 19.5 Å². The van der Waals surface area contributed by atoms with Crippen molar-refractivity contribution in [3.8, 4) is 11.5 Å². The number of amides is 2. The van der Waals surface area contributed by atoms with Crippen LogP contribution in [0.1, 0.15) is 19.8 Å². The Morgan fingerprint density at radius 2 is 1.68 bits per heavy atom. The SMILES string of the molecule is CC(=O)Nc1cccc(OCCOc2ccc(S(=O)(=O)C3(C(=O)NN=O)CCOCC3)cc2)c1. The van der Waals surface area contributed by atoms with E-state index in [0.29, 0.717) is 17.2 Å². The summed E-state index contributed by atoms with van der Waals surface area (Å²) in [6.07, 6.45) is -0.176. The summed E-state index contributed by atoms with van der Waals surface area (Å²) < 4.78 is 41.2. The highest BCUT2D eigenvalue weighted by atomic mass is 32.2. The molecule has 0 spiro atoms. The molecule has 182 valence electrons. The predicted molar refractivity (Wildman–Crippen MR) is 122 cm³/mol. The summed E-state index contributed by atoms with van der Waals surface area (Å²) in [6, 6.07) is 12.6. The minimum absolute atomic E-state index is 0.0699. The summed E-state index contributed by atoms with van der Waals surface area (Å²) in [5.41, 5.74) is 2.35. The van der Waals surface area contributed by atoms with Crippen molar-refractivity contribution in [2.75, 3.05) is 31.7 Å². The van der Waals surface area contributed by atoms with Gasteiger partial charge in [-0.15, -0.1) is 4.91 Å². The number of carbonyl (C=O) groups is 2. The van der Waals surface area contributed by atoms with Crippen molar-refractivity contribution in [3.05, 3.63) is 53.4 Å². The van der Waals surface area contributed by atoms with Crippen LogP contribution in [-0.2, 0) is 24.2 Å². The van der Waals surface area contributed by atoms with E-state index in [4.69, 9.17) is 14.2 Å². The molecular formula is C22H25N3O8S. The van der Waals surface area contributed by atoms with Gasteiger partial charge in [-0.3, -0.25) is 9.59 Å². The number of sulfone groups is 1. The summed E-state index contributed by atoms with van der Waals surface area (Å²) in [7, 11) is -4.14. The monoisotopic (exact) mass is 491 g/mol. The Labute approximate surface area is 196 Å². The molecular weight excluding hydrogens is 466 g/mol. The minimum Gasteiger partial charge on any atom is -0.490 e. The number of hydrogen-bond acceptors (Lipinski definition) is 9. The molecule has 34 heavy (non-hydrogen) atoms. The maximum Gasteiger partial charge on any atom is 0.264 e. The number of nitrogens with one attached hydrogen (secondary N) is 2. The average molecular weight is 492 g/mol. The van der Waals surface area contributed by atoms with E-state index < -0.39 is 20.5 Å². The van der Waals surface area contributed by atoms with Crippen LogP contribution in [0, 0.1) is 4.91 Å². The zero-order valence-electron chi connectivity index (χ0n) is 18.5. The second kappa shape index (κ2) is 11.1. The van der Waals surface area contributed by atoms with Crippen molar-refractivity contribution in [3.63, 3.8) is 0 Å². The zero-order chi connectivity index (χ0) is 24.6. The van der Waals surface area contributed by atoms with Crippen LogP contribution >= 0.6 is 0 Å². The van der Waals surface area contributed by atoms with Crippen molar-refractivity contribution in [1.29, 1.82) is 0 Å². The third-order valence-electron chi connectivity index (χ3n) is 5.29. The van der Waals surface area contributed by atoms with Crippen LogP contribution in [0.25, 0.3) is 0 Å². The third kappa shape index (κ3) is 5.69. The quantitative estimate of drug-likeness (QED) is 0.292. The van der Waals surface area contributed by atoms with Crippen molar-refractivity contribution >= 4 is 27.3 Å². The van der Waals surface area contributed by atoms with E-state index in [-0.39, 0.29) is 50.1 Å². The van der Waals surface area contributed by atoms with Gasteiger partial charge in [0.25, 0.3) is 5.91 Å². The van der Waals surface area contributed by atoms with Gasteiger partial charge in [0.15, 0.2) is 14.6 Å². The summed E-state index contributed by atoms with van der Waals surface area (Å²) in [4.78, 5) is 34.1. The molecule has 0 aromatic heterocycles. The molecule has 2 N–H and O–H groups in total. The lowest BCUT2D eigenvalue weighted by Gasteiger charge is -2.34. The van der Waals surface area contributed by atoms with E-state index in [1.807, 2.05) is 0 Å². The smallest absolute Gasteiger partial charge is 0.264 e. The second-order valence-corrected chi connectivity index (χ2v) is 9.78. The molecule has 2 amide bonds. The fourth-order valence-electron chi connectivity index (χ4n) is 3.59. The van der Waals surface area contributed by atoms with Gasteiger partial charge >= 0.3 is 0 Å². The second-order valence-electron chi connectivity index (χ2n) is 7.52. The Morgan fingerprint density at radius 1 is 1.03 bits per heavy atom. The first-order valence-electron chi connectivity index (χ1n) is 10.5. The highest BCUT2D eigenvalue weighted by Crippen LogP contribution is 2.36. The minimum atomic E-state index is -4.14. The Bertz CT molecular complexity index is 1130.